The molecule has 4 rings (SSSR count). The summed E-state index contributed by atoms with van der Waals surface area (Å²) < 4.78 is 12.9. The number of anilines is 2. The fourth-order valence-corrected chi connectivity index (χ4v) is 3.08. The Balaban J connectivity index is 1.76. The van der Waals surface area contributed by atoms with Crippen molar-refractivity contribution in [2.45, 2.75) is 25.8 Å². The van der Waals surface area contributed by atoms with Crippen molar-refractivity contribution in [3.8, 4) is 11.5 Å². The molecular weight excluding hydrogens is 306 g/mol. The lowest BCUT2D eigenvalue weighted by atomic mass is 10.2. The first-order valence-corrected chi connectivity index (χ1v) is 7.99. The van der Waals surface area contributed by atoms with Crippen molar-refractivity contribution >= 4 is 22.7 Å². The Morgan fingerprint density at radius 2 is 2.04 bits per heavy atom. The molecule has 1 aliphatic heterocycles. The van der Waals surface area contributed by atoms with E-state index in [4.69, 9.17) is 14.5 Å². The van der Waals surface area contributed by atoms with Gasteiger partial charge in [-0.2, -0.15) is 0 Å². The van der Waals surface area contributed by atoms with Crippen LogP contribution in [0.1, 0.15) is 18.7 Å². The van der Waals surface area contributed by atoms with Gasteiger partial charge >= 0.3 is 0 Å². The van der Waals surface area contributed by atoms with Gasteiger partial charge in [-0.15, -0.1) is 0 Å². The zero-order valence-electron chi connectivity index (χ0n) is 13.7. The normalized spacial score (nSPS) is 13.6. The van der Waals surface area contributed by atoms with Crippen molar-refractivity contribution in [1.29, 1.82) is 0 Å². The molecule has 1 N–H and O–H groups in total. The molecular formula is C17H19N5O2. The molecule has 0 saturated heterocycles. The number of ether oxygens (including phenoxy) is 2. The number of nitrogens with one attached hydrogen (secondary N) is 1. The molecule has 3 heterocycles. The third-order valence-corrected chi connectivity index (χ3v) is 4.30. The molecule has 2 aromatic heterocycles. The monoisotopic (exact) mass is 325 g/mol. The average molecular weight is 325 g/mol. The minimum Gasteiger partial charge on any atom is -0.497 e. The number of aryl methyl sites for hydroxylation is 2. The van der Waals surface area contributed by atoms with Crippen LogP contribution in [0, 0.1) is 0 Å². The summed E-state index contributed by atoms with van der Waals surface area (Å²) in [5, 5.41) is 3.32. The second-order valence-corrected chi connectivity index (χ2v) is 5.72. The number of nitrogens with zero attached hydrogens (tertiary/aromatic N) is 4. The molecule has 0 atom stereocenters. The van der Waals surface area contributed by atoms with Crippen molar-refractivity contribution in [2.24, 2.45) is 0 Å². The van der Waals surface area contributed by atoms with Crippen LogP contribution >= 0.6 is 0 Å². The first-order valence-electron chi connectivity index (χ1n) is 7.99. The summed E-state index contributed by atoms with van der Waals surface area (Å²) in [5.41, 5.74) is 2.49. The number of hydrogen-bond donors (Lipinski definition) is 1. The molecule has 0 bridgehead atoms. The zero-order valence-corrected chi connectivity index (χ0v) is 13.7. The van der Waals surface area contributed by atoms with Crippen LogP contribution in [0.2, 0.25) is 0 Å². The molecule has 1 aromatic carbocycles. The van der Waals surface area contributed by atoms with E-state index in [1.807, 2.05) is 18.2 Å². The summed E-state index contributed by atoms with van der Waals surface area (Å²) >= 11 is 0. The third-order valence-electron chi connectivity index (χ3n) is 4.30. The predicted molar refractivity (Wildman–Crippen MR) is 91.1 cm³/mol. The number of aromatic nitrogens is 4. The zero-order chi connectivity index (χ0) is 16.5. The number of methoxy groups -OCH3 is 2. The average Bonchev–Trinajstić information content (AvgIpc) is 3.02. The van der Waals surface area contributed by atoms with Gasteiger partial charge in [0.25, 0.3) is 0 Å². The number of benzene rings is 1. The van der Waals surface area contributed by atoms with Crippen LogP contribution in [0.3, 0.4) is 0 Å². The topological polar surface area (TPSA) is 74.1 Å². The molecule has 0 amide bonds. The van der Waals surface area contributed by atoms with Crippen LogP contribution in [-0.2, 0) is 13.0 Å². The summed E-state index contributed by atoms with van der Waals surface area (Å²) in [6, 6.07) is 5.61. The quantitative estimate of drug-likeness (QED) is 0.795. The fourth-order valence-electron chi connectivity index (χ4n) is 3.08. The Kier molecular flexibility index (Phi) is 3.68. The van der Waals surface area contributed by atoms with Gasteiger partial charge in [0.2, 0.25) is 0 Å². The fraction of sp³-hybridized carbons (Fsp3) is 0.353. The van der Waals surface area contributed by atoms with Crippen molar-refractivity contribution in [2.75, 3.05) is 19.5 Å². The van der Waals surface area contributed by atoms with E-state index in [0.29, 0.717) is 11.6 Å². The van der Waals surface area contributed by atoms with Gasteiger partial charge in [-0.3, -0.25) is 0 Å². The maximum Gasteiger partial charge on any atom is 0.165 e. The Hall–Kier alpha value is -2.83. The molecule has 1 aliphatic rings. The van der Waals surface area contributed by atoms with E-state index in [-0.39, 0.29) is 0 Å². The van der Waals surface area contributed by atoms with Gasteiger partial charge in [0, 0.05) is 19.0 Å². The number of fused-ring (bicyclic) bond motifs is 3. The first kappa shape index (κ1) is 14.7. The summed E-state index contributed by atoms with van der Waals surface area (Å²) in [6.07, 6.45) is 4.90. The summed E-state index contributed by atoms with van der Waals surface area (Å²) in [5.74, 6) is 3.19. The molecule has 0 radical (unpaired) electrons. The molecule has 0 spiro atoms. The van der Waals surface area contributed by atoms with Crippen LogP contribution in [0.25, 0.3) is 11.2 Å². The van der Waals surface area contributed by atoms with Crippen molar-refractivity contribution in [3.63, 3.8) is 0 Å². The van der Waals surface area contributed by atoms with Crippen LogP contribution in [0.4, 0.5) is 11.5 Å². The van der Waals surface area contributed by atoms with Gasteiger partial charge in [-0.05, 0) is 25.0 Å². The Bertz CT molecular complexity index is 890. The standard InChI is InChI=1S/C17H19N5O2/c1-23-11-6-7-12(13(9-11)24-2)20-16-15-17(19-10-18-16)22-8-4-3-5-14(22)21-15/h6-7,9-10H,3-5,8H2,1-2H3,(H,18,19,20). The van der Waals surface area contributed by atoms with Gasteiger partial charge in [-0.25, -0.2) is 15.0 Å². The minimum atomic E-state index is 0.685. The van der Waals surface area contributed by atoms with E-state index in [0.717, 1.165) is 47.8 Å². The van der Waals surface area contributed by atoms with Crippen molar-refractivity contribution in [3.05, 3.63) is 30.4 Å². The first-order chi connectivity index (χ1) is 11.8. The van der Waals surface area contributed by atoms with Crippen LogP contribution in [0.15, 0.2) is 24.5 Å². The predicted octanol–water partition coefficient (Wildman–Crippen LogP) is 2.92. The Morgan fingerprint density at radius 1 is 1.12 bits per heavy atom. The highest BCUT2D eigenvalue weighted by Crippen LogP contribution is 2.33. The summed E-state index contributed by atoms with van der Waals surface area (Å²) in [6.45, 7) is 0.966. The smallest absolute Gasteiger partial charge is 0.165 e. The molecule has 0 saturated carbocycles. The largest absolute Gasteiger partial charge is 0.497 e. The van der Waals surface area contributed by atoms with Crippen molar-refractivity contribution < 1.29 is 9.47 Å². The summed E-state index contributed by atoms with van der Waals surface area (Å²) in [7, 11) is 3.26. The van der Waals surface area contributed by atoms with E-state index >= 15 is 0 Å². The highest BCUT2D eigenvalue weighted by atomic mass is 16.5. The Labute approximate surface area is 139 Å². The van der Waals surface area contributed by atoms with E-state index in [9.17, 15) is 0 Å². The van der Waals surface area contributed by atoms with Gasteiger partial charge in [0.15, 0.2) is 17.0 Å². The van der Waals surface area contributed by atoms with Gasteiger partial charge in [-0.1, -0.05) is 0 Å². The van der Waals surface area contributed by atoms with E-state index in [1.54, 1.807) is 20.5 Å². The molecule has 3 aromatic rings. The number of imidazole rings is 1. The van der Waals surface area contributed by atoms with Crippen LogP contribution in [-0.4, -0.2) is 33.7 Å². The molecule has 7 heteroatoms. The van der Waals surface area contributed by atoms with E-state index in [2.05, 4.69) is 19.9 Å². The second kappa shape index (κ2) is 5.99. The van der Waals surface area contributed by atoms with E-state index < -0.39 is 0 Å². The lowest BCUT2D eigenvalue weighted by Gasteiger charge is -2.13. The molecule has 124 valence electrons. The maximum absolute atomic E-state index is 5.44. The number of hydrogen-bond acceptors (Lipinski definition) is 6. The number of rotatable bonds is 4. The lowest BCUT2D eigenvalue weighted by molar-refractivity contribution is 0.395. The SMILES string of the molecule is COc1ccc(Nc2ncnc3c2nc2n3CCCC2)c(OC)c1. The third kappa shape index (κ3) is 2.42. The summed E-state index contributed by atoms with van der Waals surface area (Å²) in [4.78, 5) is 13.6. The molecule has 7 nitrogen and oxygen atoms in total. The van der Waals surface area contributed by atoms with E-state index in [1.165, 1.54) is 6.42 Å². The lowest BCUT2D eigenvalue weighted by Crippen LogP contribution is -2.10. The van der Waals surface area contributed by atoms with Crippen LogP contribution < -0.4 is 14.8 Å². The highest BCUT2D eigenvalue weighted by Gasteiger charge is 2.19. The van der Waals surface area contributed by atoms with Gasteiger partial charge < -0.3 is 19.4 Å². The highest BCUT2D eigenvalue weighted by molar-refractivity contribution is 5.86. The van der Waals surface area contributed by atoms with Crippen molar-refractivity contribution in [1.82, 2.24) is 19.5 Å². The maximum atomic E-state index is 5.44. The molecule has 0 fully saturated rings. The van der Waals surface area contributed by atoms with Gasteiger partial charge in [0.05, 0.1) is 19.9 Å². The van der Waals surface area contributed by atoms with Gasteiger partial charge in [0.1, 0.15) is 23.7 Å². The second-order valence-electron chi connectivity index (χ2n) is 5.72. The Morgan fingerprint density at radius 3 is 2.88 bits per heavy atom. The van der Waals surface area contributed by atoms with Crippen LogP contribution in [0.5, 0.6) is 11.5 Å². The molecule has 0 unspecified atom stereocenters. The molecule has 0 aliphatic carbocycles. The minimum absolute atomic E-state index is 0.685. The molecule has 24 heavy (non-hydrogen) atoms.